The largest absolute Gasteiger partial charge is 0.306 e. The van der Waals surface area contributed by atoms with Crippen LogP contribution in [0, 0.1) is 0 Å². The Morgan fingerprint density at radius 3 is 2.12 bits per heavy atom. The fraction of sp³-hybridized carbons (Fsp3) is 0.550. The summed E-state index contributed by atoms with van der Waals surface area (Å²) in [5.74, 6) is -1.55. The van der Waals surface area contributed by atoms with Gasteiger partial charge in [-0.2, -0.15) is 0 Å². The summed E-state index contributed by atoms with van der Waals surface area (Å²) in [7, 11) is 0. The second-order valence-corrected chi connectivity index (χ2v) is 6.46. The van der Waals surface area contributed by atoms with Crippen LogP contribution in [0.3, 0.4) is 0 Å². The topological polar surface area (TPSA) is 54.5 Å². The molecule has 0 bridgehead atoms. The van der Waals surface area contributed by atoms with Gasteiger partial charge in [0.2, 0.25) is 5.91 Å². The van der Waals surface area contributed by atoms with Crippen LogP contribution in [0.1, 0.15) is 81.5 Å². The molecule has 0 aliphatic carbocycles. The maximum atomic E-state index is 12.3. The molecule has 1 aliphatic heterocycles. The lowest BCUT2D eigenvalue weighted by atomic mass is 10.1. The van der Waals surface area contributed by atoms with Crippen LogP contribution in [0.4, 0.5) is 5.69 Å². The molecule has 4 heteroatoms. The predicted molar refractivity (Wildman–Crippen MR) is 95.1 cm³/mol. The summed E-state index contributed by atoms with van der Waals surface area (Å²) in [4.78, 5) is 37.3. The quantitative estimate of drug-likeness (QED) is 0.463. The second-order valence-electron chi connectivity index (χ2n) is 6.46. The van der Waals surface area contributed by atoms with E-state index in [1.165, 1.54) is 38.5 Å². The van der Waals surface area contributed by atoms with Gasteiger partial charge in [-0.25, -0.2) is 4.90 Å². The molecule has 0 radical (unpaired) electrons. The number of para-hydroxylation sites is 1. The van der Waals surface area contributed by atoms with E-state index in [4.69, 9.17) is 0 Å². The number of unbranched alkanes of at least 4 members (excludes halogenated alkanes) is 8. The molecule has 2 rings (SSSR count). The predicted octanol–water partition coefficient (Wildman–Crippen LogP) is 4.66. The highest BCUT2D eigenvalue weighted by Crippen LogP contribution is 2.29. The van der Waals surface area contributed by atoms with E-state index in [0.717, 1.165) is 24.2 Å². The number of hydrogen-bond acceptors (Lipinski definition) is 3. The van der Waals surface area contributed by atoms with E-state index in [-0.39, 0.29) is 5.91 Å². The molecule has 0 saturated carbocycles. The van der Waals surface area contributed by atoms with Crippen molar-refractivity contribution in [2.75, 3.05) is 4.90 Å². The molecule has 1 aliphatic rings. The van der Waals surface area contributed by atoms with Crippen LogP contribution in [-0.4, -0.2) is 17.6 Å². The molecule has 0 atom stereocenters. The molecule has 0 aromatic heterocycles. The number of fused-ring (bicyclic) bond motifs is 1. The van der Waals surface area contributed by atoms with E-state index < -0.39 is 11.7 Å². The zero-order valence-corrected chi connectivity index (χ0v) is 14.6. The molecule has 4 nitrogen and oxygen atoms in total. The standard InChI is InChI=1S/C20H27NO3/c1-2-3-4-5-6-7-8-9-10-15-18(22)21-17-14-12-11-13-16(17)19(23)20(21)24/h11-14H,2-10,15H2,1H3. The minimum atomic E-state index is -0.711. The van der Waals surface area contributed by atoms with Crippen LogP contribution < -0.4 is 4.90 Å². The number of Topliss-reactive ketones (excluding diaryl/α,β-unsaturated/α-hetero) is 1. The van der Waals surface area contributed by atoms with Crippen molar-refractivity contribution in [2.24, 2.45) is 0 Å². The molecule has 0 N–H and O–H groups in total. The number of nitrogens with zero attached hydrogens (tertiary/aromatic N) is 1. The van der Waals surface area contributed by atoms with Crippen molar-refractivity contribution in [2.45, 2.75) is 71.1 Å². The SMILES string of the molecule is CCCCCCCCCCCC(=O)N1C(=O)C(=O)c2ccccc21. The van der Waals surface area contributed by atoms with Crippen molar-refractivity contribution in [3.05, 3.63) is 29.8 Å². The second kappa shape index (κ2) is 9.36. The Hall–Kier alpha value is -1.97. The number of anilines is 1. The summed E-state index contributed by atoms with van der Waals surface area (Å²) in [6.07, 6.45) is 10.9. The number of ketones is 1. The van der Waals surface area contributed by atoms with Gasteiger partial charge in [-0.3, -0.25) is 14.4 Å². The van der Waals surface area contributed by atoms with Crippen LogP contribution in [0.15, 0.2) is 24.3 Å². The maximum Gasteiger partial charge on any atom is 0.306 e. The van der Waals surface area contributed by atoms with Crippen LogP contribution in [0.5, 0.6) is 0 Å². The molecule has 2 amide bonds. The van der Waals surface area contributed by atoms with Gasteiger partial charge in [0.25, 0.3) is 5.78 Å². The van der Waals surface area contributed by atoms with Crippen LogP contribution in [0.25, 0.3) is 0 Å². The molecular formula is C20H27NO3. The third kappa shape index (κ3) is 4.53. The molecule has 0 unspecified atom stereocenters. The molecular weight excluding hydrogens is 302 g/mol. The summed E-state index contributed by atoms with van der Waals surface area (Å²) < 4.78 is 0. The lowest BCUT2D eigenvalue weighted by Gasteiger charge is -2.14. The van der Waals surface area contributed by atoms with Crippen molar-refractivity contribution in [3.63, 3.8) is 0 Å². The third-order valence-corrected chi connectivity index (χ3v) is 4.53. The summed E-state index contributed by atoms with van der Waals surface area (Å²) >= 11 is 0. The van der Waals surface area contributed by atoms with Gasteiger partial charge in [0.05, 0.1) is 11.3 Å². The monoisotopic (exact) mass is 329 g/mol. The lowest BCUT2D eigenvalue weighted by molar-refractivity contribution is -0.124. The Morgan fingerprint density at radius 2 is 1.46 bits per heavy atom. The summed E-state index contributed by atoms with van der Waals surface area (Å²) in [6.45, 7) is 2.22. The highest BCUT2D eigenvalue weighted by atomic mass is 16.2. The minimum Gasteiger partial charge on any atom is -0.283 e. The number of benzene rings is 1. The minimum absolute atomic E-state index is 0.263. The first-order valence-electron chi connectivity index (χ1n) is 9.17. The number of carbonyl (C=O) groups excluding carboxylic acids is 3. The number of imide groups is 1. The van der Waals surface area contributed by atoms with E-state index in [2.05, 4.69) is 6.92 Å². The van der Waals surface area contributed by atoms with E-state index in [1.54, 1.807) is 24.3 Å². The van der Waals surface area contributed by atoms with Gasteiger partial charge in [0.15, 0.2) is 0 Å². The van der Waals surface area contributed by atoms with Crippen LogP contribution >= 0.6 is 0 Å². The van der Waals surface area contributed by atoms with Gasteiger partial charge >= 0.3 is 5.91 Å². The van der Waals surface area contributed by atoms with E-state index in [1.807, 2.05) is 0 Å². The van der Waals surface area contributed by atoms with Gasteiger partial charge in [0.1, 0.15) is 0 Å². The van der Waals surface area contributed by atoms with Gasteiger partial charge in [0, 0.05) is 6.42 Å². The fourth-order valence-corrected chi connectivity index (χ4v) is 3.13. The number of rotatable bonds is 10. The van der Waals surface area contributed by atoms with Gasteiger partial charge in [-0.1, -0.05) is 70.4 Å². The van der Waals surface area contributed by atoms with Crippen molar-refractivity contribution in [1.29, 1.82) is 0 Å². The number of hydrogen-bond donors (Lipinski definition) is 0. The summed E-state index contributed by atoms with van der Waals surface area (Å²) in [5, 5.41) is 0. The maximum absolute atomic E-state index is 12.3. The molecule has 1 aromatic rings. The first kappa shape index (κ1) is 18.4. The Morgan fingerprint density at radius 1 is 0.875 bits per heavy atom. The fourth-order valence-electron chi connectivity index (χ4n) is 3.13. The highest BCUT2D eigenvalue weighted by Gasteiger charge is 2.38. The van der Waals surface area contributed by atoms with Crippen molar-refractivity contribution < 1.29 is 14.4 Å². The number of amides is 2. The van der Waals surface area contributed by atoms with Gasteiger partial charge in [-0.15, -0.1) is 0 Å². The van der Waals surface area contributed by atoms with E-state index in [9.17, 15) is 14.4 Å². The summed E-state index contributed by atoms with van der Waals surface area (Å²) in [6, 6.07) is 6.70. The first-order chi connectivity index (χ1) is 11.7. The van der Waals surface area contributed by atoms with E-state index in [0.29, 0.717) is 17.7 Å². The third-order valence-electron chi connectivity index (χ3n) is 4.53. The molecule has 24 heavy (non-hydrogen) atoms. The smallest absolute Gasteiger partial charge is 0.283 e. The van der Waals surface area contributed by atoms with Crippen molar-refractivity contribution >= 4 is 23.3 Å². The highest BCUT2D eigenvalue weighted by molar-refractivity contribution is 6.56. The van der Waals surface area contributed by atoms with Gasteiger partial charge < -0.3 is 0 Å². The van der Waals surface area contributed by atoms with Gasteiger partial charge in [-0.05, 0) is 18.6 Å². The molecule has 130 valence electrons. The number of carbonyl (C=O) groups is 3. The molecule has 0 fully saturated rings. The van der Waals surface area contributed by atoms with Crippen molar-refractivity contribution in [3.8, 4) is 0 Å². The lowest BCUT2D eigenvalue weighted by Crippen LogP contribution is -2.35. The van der Waals surface area contributed by atoms with Crippen LogP contribution in [-0.2, 0) is 9.59 Å². The normalized spacial score (nSPS) is 13.5. The average molecular weight is 329 g/mol. The van der Waals surface area contributed by atoms with Crippen LogP contribution in [0.2, 0.25) is 0 Å². The average Bonchev–Trinajstić information content (AvgIpc) is 2.85. The van der Waals surface area contributed by atoms with E-state index >= 15 is 0 Å². The molecule has 0 saturated heterocycles. The molecule has 1 heterocycles. The Balaban J connectivity index is 1.70. The Kier molecular flexibility index (Phi) is 7.16. The first-order valence-corrected chi connectivity index (χ1v) is 9.17. The zero-order chi connectivity index (χ0) is 17.4. The zero-order valence-electron chi connectivity index (χ0n) is 14.6. The Labute approximate surface area is 144 Å². The molecule has 0 spiro atoms. The molecule has 1 aromatic carbocycles. The van der Waals surface area contributed by atoms with Crippen molar-refractivity contribution in [1.82, 2.24) is 0 Å². The summed E-state index contributed by atoms with van der Waals surface area (Å²) in [5.41, 5.74) is 0.774. The Bertz CT molecular complexity index is 594.